The zero-order chi connectivity index (χ0) is 14.1. The van der Waals surface area contributed by atoms with Gasteiger partial charge in [-0.15, -0.1) is 0 Å². The van der Waals surface area contributed by atoms with Crippen LogP contribution in [0.1, 0.15) is 39.5 Å². The first-order valence-corrected chi connectivity index (χ1v) is 8.34. The number of hydrogen-bond donors (Lipinski definition) is 1. The zero-order valence-electron chi connectivity index (χ0n) is 12.8. The van der Waals surface area contributed by atoms with E-state index in [4.69, 9.17) is 0 Å². The maximum absolute atomic E-state index is 12.9. The third-order valence-electron chi connectivity index (χ3n) is 5.10. The third-order valence-corrected chi connectivity index (χ3v) is 5.10. The van der Waals surface area contributed by atoms with Gasteiger partial charge in [-0.25, -0.2) is 0 Å². The first-order valence-electron chi connectivity index (χ1n) is 8.34. The predicted molar refractivity (Wildman–Crippen MR) is 81.3 cm³/mol. The largest absolute Gasteiger partial charge is 0.341 e. The lowest BCUT2D eigenvalue weighted by atomic mass is 9.91. The van der Waals surface area contributed by atoms with Crippen LogP contribution in [-0.2, 0) is 4.79 Å². The van der Waals surface area contributed by atoms with Crippen molar-refractivity contribution in [2.75, 3.05) is 19.6 Å². The van der Waals surface area contributed by atoms with Gasteiger partial charge in [-0.05, 0) is 50.0 Å². The minimum Gasteiger partial charge on any atom is -0.341 e. The smallest absolute Gasteiger partial charge is 0.226 e. The Hall–Kier alpha value is -0.830. The van der Waals surface area contributed by atoms with Crippen LogP contribution < -0.4 is 5.32 Å². The van der Waals surface area contributed by atoms with Gasteiger partial charge in [0.25, 0.3) is 0 Å². The van der Waals surface area contributed by atoms with Crippen LogP contribution in [0.2, 0.25) is 0 Å². The van der Waals surface area contributed by atoms with Crippen LogP contribution in [0.15, 0.2) is 12.2 Å². The minimum absolute atomic E-state index is 0.269. The highest BCUT2D eigenvalue weighted by molar-refractivity contribution is 5.80. The Balaban J connectivity index is 1.64. The molecule has 1 amide bonds. The Bertz CT molecular complexity index is 384. The third kappa shape index (κ3) is 2.93. The number of carbonyl (C=O) groups excluding carboxylic acids is 1. The van der Waals surface area contributed by atoms with E-state index >= 15 is 0 Å². The molecule has 2 aliphatic carbocycles. The van der Waals surface area contributed by atoms with Gasteiger partial charge in [0, 0.05) is 25.0 Å². The lowest BCUT2D eigenvalue weighted by molar-refractivity contribution is -0.137. The predicted octanol–water partition coefficient (Wildman–Crippen LogP) is 2.44. The zero-order valence-corrected chi connectivity index (χ0v) is 12.8. The number of carbonyl (C=O) groups is 1. The van der Waals surface area contributed by atoms with Gasteiger partial charge in [0.1, 0.15) is 0 Å². The topological polar surface area (TPSA) is 32.3 Å². The molecule has 4 atom stereocenters. The summed E-state index contributed by atoms with van der Waals surface area (Å²) in [6, 6.07) is 0.520. The number of allylic oxidation sites excluding steroid dienone is 2. The Kier molecular flexibility index (Phi) is 4.16. The van der Waals surface area contributed by atoms with Gasteiger partial charge in [0.15, 0.2) is 0 Å². The molecule has 3 aliphatic rings. The van der Waals surface area contributed by atoms with Gasteiger partial charge in [-0.2, -0.15) is 0 Å². The second-order valence-corrected chi connectivity index (χ2v) is 7.32. The molecular formula is C17H28N2O. The molecule has 4 unspecified atom stereocenters. The summed E-state index contributed by atoms with van der Waals surface area (Å²) in [5, 5.41) is 3.53. The molecule has 20 heavy (non-hydrogen) atoms. The molecular weight excluding hydrogens is 248 g/mol. The molecule has 2 bridgehead atoms. The van der Waals surface area contributed by atoms with Crippen LogP contribution in [0.3, 0.4) is 0 Å². The van der Waals surface area contributed by atoms with Gasteiger partial charge in [-0.1, -0.05) is 26.0 Å². The van der Waals surface area contributed by atoms with E-state index in [1.165, 1.54) is 19.3 Å². The van der Waals surface area contributed by atoms with E-state index < -0.39 is 0 Å². The Labute approximate surface area is 122 Å². The van der Waals surface area contributed by atoms with Gasteiger partial charge >= 0.3 is 0 Å². The molecule has 1 N–H and O–H groups in total. The maximum Gasteiger partial charge on any atom is 0.226 e. The summed E-state index contributed by atoms with van der Waals surface area (Å²) in [6.07, 6.45) is 9.39. The number of nitrogens with one attached hydrogen (secondary N) is 1. The van der Waals surface area contributed by atoms with Gasteiger partial charge in [0.2, 0.25) is 5.91 Å². The molecule has 0 aromatic heterocycles. The van der Waals surface area contributed by atoms with Crippen LogP contribution in [0.5, 0.6) is 0 Å². The van der Waals surface area contributed by atoms with Crippen molar-refractivity contribution in [3.05, 3.63) is 12.2 Å². The fourth-order valence-corrected chi connectivity index (χ4v) is 4.17. The average molecular weight is 276 g/mol. The van der Waals surface area contributed by atoms with Crippen molar-refractivity contribution in [2.24, 2.45) is 23.7 Å². The van der Waals surface area contributed by atoms with Gasteiger partial charge in [0.05, 0.1) is 0 Å². The van der Waals surface area contributed by atoms with Gasteiger partial charge < -0.3 is 10.2 Å². The quantitative estimate of drug-likeness (QED) is 0.782. The molecule has 1 saturated heterocycles. The standard InChI is InChI=1S/C17H28N2O/c1-12(2)10-19(11-15-4-3-7-18-15)17(20)16-9-13-5-6-14(16)8-13/h5-6,12-16,18H,3-4,7-11H2,1-2H3. The number of hydrogen-bond acceptors (Lipinski definition) is 2. The molecule has 3 heteroatoms. The fraction of sp³-hybridized carbons (Fsp3) is 0.824. The van der Waals surface area contributed by atoms with E-state index in [1.807, 2.05) is 0 Å². The molecule has 0 aromatic rings. The van der Waals surface area contributed by atoms with Crippen LogP contribution in [-0.4, -0.2) is 36.5 Å². The summed E-state index contributed by atoms with van der Waals surface area (Å²) in [7, 11) is 0. The lowest BCUT2D eigenvalue weighted by Gasteiger charge is -2.31. The van der Waals surface area contributed by atoms with Crippen molar-refractivity contribution in [2.45, 2.75) is 45.6 Å². The van der Waals surface area contributed by atoms with Crippen LogP contribution in [0, 0.1) is 23.7 Å². The Morgan fingerprint density at radius 2 is 2.20 bits per heavy atom. The Morgan fingerprint density at radius 1 is 1.35 bits per heavy atom. The van der Waals surface area contributed by atoms with Crippen molar-refractivity contribution in [3.63, 3.8) is 0 Å². The summed E-state index contributed by atoms with van der Waals surface area (Å²) in [5.41, 5.74) is 0. The first-order chi connectivity index (χ1) is 9.63. The number of fused-ring (bicyclic) bond motifs is 2. The SMILES string of the molecule is CC(C)CN(CC1CCCN1)C(=O)C1CC2C=CC1C2. The molecule has 1 saturated carbocycles. The fourth-order valence-electron chi connectivity index (χ4n) is 4.17. The summed E-state index contributed by atoms with van der Waals surface area (Å²) in [4.78, 5) is 15.1. The highest BCUT2D eigenvalue weighted by Crippen LogP contribution is 2.44. The van der Waals surface area contributed by atoms with E-state index in [2.05, 4.69) is 36.2 Å². The highest BCUT2D eigenvalue weighted by Gasteiger charge is 2.41. The maximum atomic E-state index is 12.9. The Morgan fingerprint density at radius 3 is 2.75 bits per heavy atom. The molecule has 0 radical (unpaired) electrons. The second-order valence-electron chi connectivity index (χ2n) is 7.32. The van der Waals surface area contributed by atoms with Gasteiger partial charge in [-0.3, -0.25) is 4.79 Å². The van der Waals surface area contributed by atoms with Crippen molar-refractivity contribution < 1.29 is 4.79 Å². The van der Waals surface area contributed by atoms with E-state index in [0.29, 0.717) is 29.7 Å². The monoisotopic (exact) mass is 276 g/mol. The summed E-state index contributed by atoms with van der Waals surface area (Å²) in [6.45, 7) is 7.36. The molecule has 3 rings (SSSR count). The molecule has 1 heterocycles. The first kappa shape index (κ1) is 14.1. The number of nitrogens with zero attached hydrogens (tertiary/aromatic N) is 1. The summed E-state index contributed by atoms with van der Waals surface area (Å²) in [5.74, 6) is 2.45. The molecule has 2 fully saturated rings. The summed E-state index contributed by atoms with van der Waals surface area (Å²) < 4.78 is 0. The van der Waals surface area contributed by atoms with Crippen LogP contribution in [0.25, 0.3) is 0 Å². The van der Waals surface area contributed by atoms with E-state index in [1.54, 1.807) is 0 Å². The van der Waals surface area contributed by atoms with E-state index in [-0.39, 0.29) is 5.92 Å². The number of amides is 1. The van der Waals surface area contributed by atoms with Crippen LogP contribution in [0.4, 0.5) is 0 Å². The van der Waals surface area contributed by atoms with E-state index in [9.17, 15) is 4.79 Å². The van der Waals surface area contributed by atoms with Crippen molar-refractivity contribution in [1.82, 2.24) is 10.2 Å². The minimum atomic E-state index is 0.269. The average Bonchev–Trinajstić information content (AvgIpc) is 3.13. The summed E-state index contributed by atoms with van der Waals surface area (Å²) >= 11 is 0. The molecule has 3 nitrogen and oxygen atoms in total. The van der Waals surface area contributed by atoms with Crippen molar-refractivity contribution in [1.29, 1.82) is 0 Å². The van der Waals surface area contributed by atoms with Crippen molar-refractivity contribution in [3.8, 4) is 0 Å². The van der Waals surface area contributed by atoms with E-state index in [0.717, 1.165) is 26.1 Å². The molecule has 0 aromatic carbocycles. The molecule has 112 valence electrons. The lowest BCUT2D eigenvalue weighted by Crippen LogP contribution is -2.46. The molecule has 1 aliphatic heterocycles. The highest BCUT2D eigenvalue weighted by atomic mass is 16.2. The second kappa shape index (κ2) is 5.88. The number of rotatable bonds is 5. The molecule has 0 spiro atoms. The van der Waals surface area contributed by atoms with Crippen molar-refractivity contribution >= 4 is 5.91 Å². The normalized spacial score (nSPS) is 35.1. The van der Waals surface area contributed by atoms with Crippen LogP contribution >= 0.6 is 0 Å².